The second-order valence-electron chi connectivity index (χ2n) is 6.99. The molecule has 142 valence electrons. The molecule has 1 aliphatic carbocycles. The molecule has 1 aliphatic rings. The Labute approximate surface area is 163 Å². The molecule has 1 heterocycles. The minimum absolute atomic E-state index is 0.185. The average Bonchev–Trinajstić information content (AvgIpc) is 3.57. The molecule has 4 rings (SSSR count). The summed E-state index contributed by atoms with van der Waals surface area (Å²) in [4.78, 5) is 23.6. The number of aromatic nitrogens is 2. The van der Waals surface area contributed by atoms with Gasteiger partial charge in [-0.1, -0.05) is 18.2 Å². The van der Waals surface area contributed by atoms with Crippen LogP contribution in [0.15, 0.2) is 60.8 Å². The van der Waals surface area contributed by atoms with Crippen LogP contribution in [-0.2, 0) is 0 Å². The first kappa shape index (κ1) is 18.1. The molecule has 0 atom stereocenters. The Hall–Kier alpha value is -3.28. The Balaban J connectivity index is 1.72. The van der Waals surface area contributed by atoms with Gasteiger partial charge >= 0.3 is 0 Å². The zero-order valence-electron chi connectivity index (χ0n) is 15.6. The van der Waals surface area contributed by atoms with Gasteiger partial charge in [0.05, 0.1) is 0 Å². The lowest BCUT2D eigenvalue weighted by Crippen LogP contribution is -2.28. The van der Waals surface area contributed by atoms with Crippen LogP contribution in [0.25, 0.3) is 11.4 Å². The molecule has 5 nitrogen and oxygen atoms in total. The number of rotatable bonds is 6. The summed E-state index contributed by atoms with van der Waals surface area (Å²) in [5, 5.41) is 2.98. The molecule has 1 aromatic heterocycles. The molecule has 3 aromatic rings. The van der Waals surface area contributed by atoms with Crippen LogP contribution in [0.5, 0.6) is 0 Å². The summed E-state index contributed by atoms with van der Waals surface area (Å²) in [5.41, 5.74) is 2.01. The topological polar surface area (TPSA) is 58.1 Å². The van der Waals surface area contributed by atoms with Gasteiger partial charge < -0.3 is 10.2 Å². The van der Waals surface area contributed by atoms with E-state index in [0.717, 1.165) is 18.5 Å². The SMILES string of the molecule is CN(c1ccccc1)c1nc(-c2ccc(F)cc2)ncc1C(=O)NCC1CC1. The van der Waals surface area contributed by atoms with Crippen molar-refractivity contribution < 1.29 is 9.18 Å². The molecule has 2 aromatic carbocycles. The van der Waals surface area contributed by atoms with E-state index in [2.05, 4.69) is 15.3 Å². The second-order valence-corrected chi connectivity index (χ2v) is 6.99. The molecule has 1 fully saturated rings. The molecule has 1 saturated carbocycles. The predicted octanol–water partition coefficient (Wildman–Crippen LogP) is 4.19. The van der Waals surface area contributed by atoms with Gasteiger partial charge in [0, 0.05) is 31.0 Å². The van der Waals surface area contributed by atoms with E-state index in [-0.39, 0.29) is 11.7 Å². The third-order valence-electron chi connectivity index (χ3n) is 4.83. The number of hydrogen-bond donors (Lipinski definition) is 1. The summed E-state index contributed by atoms with van der Waals surface area (Å²) < 4.78 is 13.3. The van der Waals surface area contributed by atoms with Gasteiger partial charge in [0.2, 0.25) is 0 Å². The van der Waals surface area contributed by atoms with Gasteiger partial charge in [0.25, 0.3) is 5.91 Å². The first-order valence-electron chi connectivity index (χ1n) is 9.32. The molecule has 28 heavy (non-hydrogen) atoms. The van der Waals surface area contributed by atoms with Crippen LogP contribution >= 0.6 is 0 Å². The van der Waals surface area contributed by atoms with E-state index in [4.69, 9.17) is 0 Å². The number of carbonyl (C=O) groups excluding carboxylic acids is 1. The summed E-state index contributed by atoms with van der Waals surface area (Å²) in [5.74, 6) is 1.03. The highest BCUT2D eigenvalue weighted by Gasteiger charge is 2.24. The fraction of sp³-hybridized carbons (Fsp3) is 0.227. The van der Waals surface area contributed by atoms with Crippen LogP contribution in [0.4, 0.5) is 15.9 Å². The van der Waals surface area contributed by atoms with Crippen LogP contribution in [0.2, 0.25) is 0 Å². The molecule has 1 N–H and O–H groups in total. The second kappa shape index (κ2) is 7.76. The maximum absolute atomic E-state index is 13.3. The lowest BCUT2D eigenvalue weighted by Gasteiger charge is -2.21. The Bertz CT molecular complexity index is 972. The van der Waals surface area contributed by atoms with Crippen molar-refractivity contribution in [3.8, 4) is 11.4 Å². The Morgan fingerprint density at radius 3 is 2.54 bits per heavy atom. The van der Waals surface area contributed by atoms with Gasteiger partial charge in [-0.15, -0.1) is 0 Å². The van der Waals surface area contributed by atoms with E-state index in [0.29, 0.717) is 35.2 Å². The quantitative estimate of drug-likeness (QED) is 0.701. The fourth-order valence-corrected chi connectivity index (χ4v) is 2.95. The van der Waals surface area contributed by atoms with Crippen LogP contribution < -0.4 is 10.2 Å². The molecule has 0 bridgehead atoms. The molecule has 1 amide bonds. The van der Waals surface area contributed by atoms with Crippen LogP contribution in [-0.4, -0.2) is 29.5 Å². The number of hydrogen-bond acceptors (Lipinski definition) is 4. The van der Waals surface area contributed by atoms with Gasteiger partial charge in [-0.25, -0.2) is 14.4 Å². The number of anilines is 2. The van der Waals surface area contributed by atoms with Crippen molar-refractivity contribution in [2.75, 3.05) is 18.5 Å². The number of benzene rings is 2. The normalized spacial score (nSPS) is 13.2. The highest BCUT2D eigenvalue weighted by molar-refractivity contribution is 5.99. The van der Waals surface area contributed by atoms with Gasteiger partial charge in [-0.2, -0.15) is 0 Å². The van der Waals surface area contributed by atoms with Crippen LogP contribution in [0.1, 0.15) is 23.2 Å². The number of nitrogens with zero attached hydrogens (tertiary/aromatic N) is 3. The van der Waals surface area contributed by atoms with E-state index in [1.165, 1.54) is 12.1 Å². The zero-order valence-corrected chi connectivity index (χ0v) is 15.6. The van der Waals surface area contributed by atoms with E-state index < -0.39 is 0 Å². The molecular weight excluding hydrogens is 355 g/mol. The molecule has 0 aliphatic heterocycles. The number of carbonyl (C=O) groups is 1. The maximum atomic E-state index is 13.3. The van der Waals surface area contributed by atoms with Gasteiger partial charge in [0.1, 0.15) is 17.2 Å². The first-order chi connectivity index (χ1) is 13.6. The minimum Gasteiger partial charge on any atom is -0.352 e. The molecular formula is C22H21FN4O. The van der Waals surface area contributed by atoms with Crippen molar-refractivity contribution in [3.05, 3.63) is 72.2 Å². The molecule has 0 saturated heterocycles. The third kappa shape index (κ3) is 4.01. The number of halogens is 1. The number of para-hydroxylation sites is 1. The van der Waals surface area contributed by atoms with Crippen molar-refractivity contribution in [2.24, 2.45) is 5.92 Å². The summed E-state index contributed by atoms with van der Waals surface area (Å²) >= 11 is 0. The predicted molar refractivity (Wildman–Crippen MR) is 107 cm³/mol. The highest BCUT2D eigenvalue weighted by atomic mass is 19.1. The van der Waals surface area contributed by atoms with E-state index in [1.807, 2.05) is 42.3 Å². The lowest BCUT2D eigenvalue weighted by molar-refractivity contribution is 0.0952. The van der Waals surface area contributed by atoms with Crippen LogP contribution in [0, 0.1) is 11.7 Å². The average molecular weight is 376 g/mol. The summed E-state index contributed by atoms with van der Waals surface area (Å²) in [6, 6.07) is 15.7. The van der Waals surface area contributed by atoms with Crippen molar-refractivity contribution in [2.45, 2.75) is 12.8 Å². The van der Waals surface area contributed by atoms with E-state index in [1.54, 1.807) is 18.3 Å². The largest absolute Gasteiger partial charge is 0.352 e. The molecule has 0 unspecified atom stereocenters. The zero-order chi connectivity index (χ0) is 19.5. The summed E-state index contributed by atoms with van der Waals surface area (Å²) in [6.45, 7) is 0.674. The fourth-order valence-electron chi connectivity index (χ4n) is 2.95. The van der Waals surface area contributed by atoms with Crippen LogP contribution in [0.3, 0.4) is 0 Å². The van der Waals surface area contributed by atoms with Crippen molar-refractivity contribution in [1.29, 1.82) is 0 Å². The minimum atomic E-state index is -0.318. The Kier molecular flexibility index (Phi) is 5.02. The third-order valence-corrected chi connectivity index (χ3v) is 4.83. The lowest BCUT2D eigenvalue weighted by atomic mass is 10.2. The Morgan fingerprint density at radius 2 is 1.86 bits per heavy atom. The van der Waals surface area contributed by atoms with Crippen molar-refractivity contribution >= 4 is 17.4 Å². The summed E-state index contributed by atoms with van der Waals surface area (Å²) in [7, 11) is 1.86. The Morgan fingerprint density at radius 1 is 1.14 bits per heavy atom. The maximum Gasteiger partial charge on any atom is 0.256 e. The van der Waals surface area contributed by atoms with Gasteiger partial charge in [0.15, 0.2) is 5.82 Å². The van der Waals surface area contributed by atoms with Crippen molar-refractivity contribution in [1.82, 2.24) is 15.3 Å². The van der Waals surface area contributed by atoms with Crippen molar-refractivity contribution in [3.63, 3.8) is 0 Å². The first-order valence-corrected chi connectivity index (χ1v) is 9.32. The number of nitrogens with one attached hydrogen (secondary N) is 1. The number of amides is 1. The van der Waals surface area contributed by atoms with Gasteiger partial charge in [-0.05, 0) is 55.2 Å². The molecule has 0 spiro atoms. The smallest absolute Gasteiger partial charge is 0.256 e. The summed E-state index contributed by atoms with van der Waals surface area (Å²) in [6.07, 6.45) is 3.87. The van der Waals surface area contributed by atoms with E-state index >= 15 is 0 Å². The monoisotopic (exact) mass is 376 g/mol. The highest BCUT2D eigenvalue weighted by Crippen LogP contribution is 2.29. The standard InChI is InChI=1S/C22H21FN4O/c1-27(18-5-3-2-4-6-18)21-19(22(28)25-13-15-7-8-15)14-24-20(26-21)16-9-11-17(23)12-10-16/h2-6,9-12,14-15H,7-8,13H2,1H3,(H,25,28). The molecule has 0 radical (unpaired) electrons. The van der Waals surface area contributed by atoms with Gasteiger partial charge in [-0.3, -0.25) is 4.79 Å². The van der Waals surface area contributed by atoms with E-state index in [9.17, 15) is 9.18 Å². The molecule has 6 heteroatoms.